The van der Waals surface area contributed by atoms with Gasteiger partial charge in [-0.1, -0.05) is 24.6 Å². The Morgan fingerprint density at radius 2 is 2.12 bits per heavy atom. The molecule has 82 valence electrons. The van der Waals surface area contributed by atoms with Crippen molar-refractivity contribution in [1.82, 2.24) is 9.78 Å². The summed E-state index contributed by atoms with van der Waals surface area (Å²) in [7, 11) is 1.89. The molecule has 0 amide bonds. The third-order valence-electron chi connectivity index (χ3n) is 3.47. The van der Waals surface area contributed by atoms with Gasteiger partial charge in [-0.3, -0.25) is 9.48 Å². The van der Waals surface area contributed by atoms with Gasteiger partial charge < -0.3 is 0 Å². The Labute approximate surface area is 94.1 Å². The fourth-order valence-electron chi connectivity index (χ4n) is 2.26. The van der Waals surface area contributed by atoms with Crippen LogP contribution in [0, 0.1) is 5.92 Å². The Hall–Kier alpha value is -1.64. The van der Waals surface area contributed by atoms with Crippen LogP contribution in [0.2, 0.25) is 0 Å². The molecule has 1 aromatic carbocycles. The normalized spacial score (nSPS) is 16.3. The van der Waals surface area contributed by atoms with Crippen LogP contribution in [-0.2, 0) is 7.05 Å². The average Bonchev–Trinajstić information content (AvgIpc) is 2.55. The highest BCUT2D eigenvalue weighted by Crippen LogP contribution is 2.31. The minimum absolute atomic E-state index is 0.221. The van der Waals surface area contributed by atoms with Crippen LogP contribution in [0.15, 0.2) is 24.3 Å². The fourth-order valence-corrected chi connectivity index (χ4v) is 2.26. The molecule has 2 aromatic rings. The molecule has 0 saturated heterocycles. The molecule has 3 nitrogen and oxygen atoms in total. The third-order valence-corrected chi connectivity index (χ3v) is 3.47. The van der Waals surface area contributed by atoms with Gasteiger partial charge in [-0.15, -0.1) is 0 Å². The van der Waals surface area contributed by atoms with E-state index in [9.17, 15) is 4.79 Å². The summed E-state index contributed by atoms with van der Waals surface area (Å²) in [5, 5.41) is 5.35. The second-order valence-electron chi connectivity index (χ2n) is 4.48. The summed E-state index contributed by atoms with van der Waals surface area (Å²) in [6, 6.07) is 7.91. The number of aryl methyl sites for hydroxylation is 1. The summed E-state index contributed by atoms with van der Waals surface area (Å²) in [5.74, 6) is 0.446. The number of aromatic nitrogens is 2. The molecular formula is C13H14N2O. The summed E-state index contributed by atoms with van der Waals surface area (Å²) in [6.07, 6.45) is 3.24. The average molecular weight is 214 g/mol. The van der Waals surface area contributed by atoms with Crippen LogP contribution in [0.4, 0.5) is 0 Å². The van der Waals surface area contributed by atoms with Gasteiger partial charge in [0.25, 0.3) is 0 Å². The zero-order valence-electron chi connectivity index (χ0n) is 9.31. The molecule has 1 aliphatic rings. The van der Waals surface area contributed by atoms with Crippen molar-refractivity contribution in [2.75, 3.05) is 0 Å². The number of hydrogen-bond acceptors (Lipinski definition) is 2. The molecule has 0 bridgehead atoms. The highest BCUT2D eigenvalue weighted by atomic mass is 16.1. The van der Waals surface area contributed by atoms with Crippen molar-refractivity contribution in [3.63, 3.8) is 0 Å². The van der Waals surface area contributed by atoms with E-state index in [-0.39, 0.29) is 11.7 Å². The Bertz CT molecular complexity index is 552. The molecule has 0 unspecified atom stereocenters. The number of nitrogens with zero attached hydrogens (tertiary/aromatic N) is 2. The van der Waals surface area contributed by atoms with E-state index in [1.54, 1.807) is 4.68 Å². The zero-order valence-corrected chi connectivity index (χ0v) is 9.31. The van der Waals surface area contributed by atoms with Gasteiger partial charge >= 0.3 is 0 Å². The van der Waals surface area contributed by atoms with Crippen molar-refractivity contribution >= 4 is 16.7 Å². The molecule has 16 heavy (non-hydrogen) atoms. The first-order chi connectivity index (χ1) is 7.77. The minimum atomic E-state index is 0.221. The highest BCUT2D eigenvalue weighted by Gasteiger charge is 2.29. The number of benzene rings is 1. The van der Waals surface area contributed by atoms with E-state index in [2.05, 4.69) is 5.10 Å². The van der Waals surface area contributed by atoms with Gasteiger partial charge in [-0.25, -0.2) is 0 Å². The van der Waals surface area contributed by atoms with Crippen molar-refractivity contribution in [2.45, 2.75) is 19.3 Å². The summed E-state index contributed by atoms with van der Waals surface area (Å²) < 4.78 is 1.79. The zero-order chi connectivity index (χ0) is 11.1. The quantitative estimate of drug-likeness (QED) is 0.720. The summed E-state index contributed by atoms with van der Waals surface area (Å²) in [6.45, 7) is 0. The molecule has 0 aliphatic heterocycles. The van der Waals surface area contributed by atoms with Crippen LogP contribution < -0.4 is 0 Å². The molecular weight excluding hydrogens is 200 g/mol. The van der Waals surface area contributed by atoms with Crippen molar-refractivity contribution in [1.29, 1.82) is 0 Å². The van der Waals surface area contributed by atoms with Gasteiger partial charge in [0.1, 0.15) is 5.69 Å². The molecule has 1 aromatic heterocycles. The van der Waals surface area contributed by atoms with E-state index in [1.165, 1.54) is 6.42 Å². The van der Waals surface area contributed by atoms with Gasteiger partial charge in [0, 0.05) is 18.4 Å². The van der Waals surface area contributed by atoms with E-state index < -0.39 is 0 Å². The second kappa shape index (κ2) is 3.44. The summed E-state index contributed by atoms with van der Waals surface area (Å²) in [4.78, 5) is 12.2. The smallest absolute Gasteiger partial charge is 0.186 e. The second-order valence-corrected chi connectivity index (χ2v) is 4.48. The lowest BCUT2D eigenvalue weighted by Gasteiger charge is -2.22. The molecule has 0 atom stereocenters. The molecule has 0 N–H and O–H groups in total. The van der Waals surface area contributed by atoms with E-state index in [0.29, 0.717) is 5.69 Å². The minimum Gasteiger partial charge on any atom is -0.292 e. The lowest BCUT2D eigenvalue weighted by atomic mass is 9.81. The van der Waals surface area contributed by atoms with Crippen molar-refractivity contribution in [2.24, 2.45) is 13.0 Å². The highest BCUT2D eigenvalue weighted by molar-refractivity contribution is 6.07. The predicted molar refractivity (Wildman–Crippen MR) is 62.4 cm³/mol. The summed E-state index contributed by atoms with van der Waals surface area (Å²) in [5.41, 5.74) is 1.69. The van der Waals surface area contributed by atoms with E-state index in [1.807, 2.05) is 31.3 Å². The third kappa shape index (κ3) is 1.28. The first-order valence-corrected chi connectivity index (χ1v) is 5.73. The first-order valence-electron chi connectivity index (χ1n) is 5.73. The molecule has 1 heterocycles. The molecule has 3 heteroatoms. The van der Waals surface area contributed by atoms with Gasteiger partial charge in [0.15, 0.2) is 5.78 Å². The number of rotatable bonds is 2. The Kier molecular flexibility index (Phi) is 2.06. The number of fused-ring (bicyclic) bond motifs is 1. The lowest BCUT2D eigenvalue weighted by Crippen LogP contribution is -2.22. The maximum atomic E-state index is 12.2. The largest absolute Gasteiger partial charge is 0.292 e. The number of Topliss-reactive ketones (excluding diaryl/α,β-unsaturated/α-hetero) is 1. The van der Waals surface area contributed by atoms with Crippen LogP contribution >= 0.6 is 0 Å². The van der Waals surface area contributed by atoms with Gasteiger partial charge in [0.2, 0.25) is 0 Å². The number of hydrogen-bond donors (Lipinski definition) is 0. The van der Waals surface area contributed by atoms with Crippen LogP contribution in [-0.4, -0.2) is 15.6 Å². The van der Waals surface area contributed by atoms with Crippen LogP contribution in [0.1, 0.15) is 29.8 Å². The van der Waals surface area contributed by atoms with Crippen molar-refractivity contribution < 1.29 is 4.79 Å². The molecule has 1 aliphatic carbocycles. The monoisotopic (exact) mass is 214 g/mol. The van der Waals surface area contributed by atoms with Crippen LogP contribution in [0.3, 0.4) is 0 Å². The van der Waals surface area contributed by atoms with Gasteiger partial charge in [-0.05, 0) is 18.9 Å². The number of carbonyl (C=O) groups is 1. The van der Waals surface area contributed by atoms with E-state index in [0.717, 1.165) is 23.7 Å². The number of ketones is 1. The maximum absolute atomic E-state index is 12.2. The SMILES string of the molecule is Cn1nc(C(=O)C2CCC2)c2ccccc21. The predicted octanol–water partition coefficient (Wildman–Crippen LogP) is 2.56. The molecule has 3 rings (SSSR count). The molecule has 0 radical (unpaired) electrons. The number of para-hydroxylation sites is 1. The van der Waals surface area contributed by atoms with Crippen molar-refractivity contribution in [3.05, 3.63) is 30.0 Å². The standard InChI is InChI=1S/C13H14N2O/c1-15-11-8-3-2-7-10(11)12(14-15)13(16)9-5-4-6-9/h2-3,7-9H,4-6H2,1H3. The van der Waals surface area contributed by atoms with E-state index in [4.69, 9.17) is 0 Å². The Morgan fingerprint density at radius 3 is 2.81 bits per heavy atom. The maximum Gasteiger partial charge on any atom is 0.186 e. The Morgan fingerprint density at radius 1 is 1.38 bits per heavy atom. The molecule has 1 fully saturated rings. The molecule has 1 saturated carbocycles. The van der Waals surface area contributed by atoms with Crippen molar-refractivity contribution in [3.8, 4) is 0 Å². The first kappa shape index (κ1) is 9.58. The fraction of sp³-hybridized carbons (Fsp3) is 0.385. The van der Waals surface area contributed by atoms with Gasteiger partial charge in [-0.2, -0.15) is 5.10 Å². The van der Waals surface area contributed by atoms with Crippen LogP contribution in [0.25, 0.3) is 10.9 Å². The molecule has 0 spiro atoms. The topological polar surface area (TPSA) is 34.9 Å². The van der Waals surface area contributed by atoms with Crippen LogP contribution in [0.5, 0.6) is 0 Å². The van der Waals surface area contributed by atoms with Gasteiger partial charge in [0.05, 0.1) is 5.52 Å². The summed E-state index contributed by atoms with van der Waals surface area (Å²) >= 11 is 0. The Balaban J connectivity index is 2.12. The van der Waals surface area contributed by atoms with E-state index >= 15 is 0 Å². The number of carbonyl (C=O) groups excluding carboxylic acids is 1. The lowest BCUT2D eigenvalue weighted by molar-refractivity contribution is 0.0851.